The molecule has 1 aliphatic rings. The molecule has 0 saturated heterocycles. The third kappa shape index (κ3) is 3.16. The first-order valence-electron chi connectivity index (χ1n) is 9.30. The molecule has 0 saturated carbocycles. The van der Waals surface area contributed by atoms with Crippen LogP contribution in [0.15, 0.2) is 72.8 Å². The van der Waals surface area contributed by atoms with Gasteiger partial charge in [-0.15, -0.1) is 0 Å². The maximum Gasteiger partial charge on any atom is 0.261 e. The van der Waals surface area contributed by atoms with Crippen LogP contribution in [0.2, 0.25) is 5.02 Å². The van der Waals surface area contributed by atoms with Gasteiger partial charge in [-0.3, -0.25) is 9.69 Å². The minimum absolute atomic E-state index is 0.105. The molecule has 0 spiro atoms. The molecule has 0 unspecified atom stereocenters. The van der Waals surface area contributed by atoms with Gasteiger partial charge in [0.05, 0.1) is 5.69 Å². The van der Waals surface area contributed by atoms with E-state index in [0.717, 1.165) is 22.6 Å². The van der Waals surface area contributed by atoms with Crippen molar-refractivity contribution in [1.29, 1.82) is 0 Å². The molecule has 4 rings (SSSR count). The van der Waals surface area contributed by atoms with E-state index in [1.165, 1.54) is 0 Å². The van der Waals surface area contributed by atoms with Gasteiger partial charge in [-0.1, -0.05) is 61.3 Å². The van der Waals surface area contributed by atoms with E-state index < -0.39 is 6.23 Å². The zero-order chi connectivity index (χ0) is 19.9. The normalized spacial score (nSPS) is 17.3. The third-order valence-corrected chi connectivity index (χ3v) is 5.54. The number of carbonyl (C=O) groups excluding carboxylic acids is 1. The first-order valence-corrected chi connectivity index (χ1v) is 9.68. The Morgan fingerprint density at radius 1 is 0.964 bits per heavy atom. The van der Waals surface area contributed by atoms with Crippen molar-refractivity contribution >= 4 is 23.2 Å². The fraction of sp³-hybridized carbons (Fsp3) is 0.208. The number of aryl methyl sites for hydroxylation is 1. The van der Waals surface area contributed by atoms with Gasteiger partial charge in [0.15, 0.2) is 6.23 Å². The van der Waals surface area contributed by atoms with Gasteiger partial charge in [0.25, 0.3) is 5.91 Å². The minimum Gasteiger partial charge on any atom is -0.469 e. The maximum atomic E-state index is 13.5. The van der Waals surface area contributed by atoms with Crippen LogP contribution in [0, 0.1) is 6.92 Å². The summed E-state index contributed by atoms with van der Waals surface area (Å²) in [6, 6.07) is 22.9. The molecule has 1 aliphatic heterocycles. The molecule has 0 fully saturated rings. The lowest BCUT2D eigenvalue weighted by Gasteiger charge is -2.33. The van der Waals surface area contributed by atoms with E-state index in [1.54, 1.807) is 29.2 Å². The van der Waals surface area contributed by atoms with Crippen molar-refractivity contribution in [3.8, 4) is 5.75 Å². The van der Waals surface area contributed by atoms with Crippen LogP contribution in [0.5, 0.6) is 5.75 Å². The number of para-hydroxylation sites is 1. The first kappa shape index (κ1) is 18.6. The van der Waals surface area contributed by atoms with Crippen molar-refractivity contribution in [3.63, 3.8) is 0 Å². The van der Waals surface area contributed by atoms with E-state index in [4.69, 9.17) is 16.3 Å². The second-order valence-electron chi connectivity index (χ2n) is 7.70. The van der Waals surface area contributed by atoms with Crippen molar-refractivity contribution in [2.45, 2.75) is 32.4 Å². The smallest absolute Gasteiger partial charge is 0.261 e. The molecule has 0 bridgehead atoms. The number of hydrogen-bond donors (Lipinski definition) is 0. The predicted molar refractivity (Wildman–Crippen MR) is 113 cm³/mol. The number of ether oxygens (including phenoxy) is 1. The molecule has 1 heterocycles. The van der Waals surface area contributed by atoms with Gasteiger partial charge in [-0.2, -0.15) is 0 Å². The van der Waals surface area contributed by atoms with Crippen molar-refractivity contribution in [2.75, 3.05) is 4.90 Å². The van der Waals surface area contributed by atoms with Crippen LogP contribution in [-0.2, 0) is 5.41 Å². The second kappa shape index (κ2) is 6.99. The number of amides is 1. The Balaban J connectivity index is 1.78. The highest BCUT2D eigenvalue weighted by molar-refractivity contribution is 6.30. The molecule has 0 aliphatic carbocycles. The first-order chi connectivity index (χ1) is 13.4. The van der Waals surface area contributed by atoms with Gasteiger partial charge in [0.2, 0.25) is 0 Å². The predicted octanol–water partition coefficient (Wildman–Crippen LogP) is 5.99. The molecule has 28 heavy (non-hydrogen) atoms. The number of anilines is 1. The monoisotopic (exact) mass is 391 g/mol. The Bertz CT molecular complexity index is 1010. The van der Waals surface area contributed by atoms with Crippen LogP contribution in [0.4, 0.5) is 5.69 Å². The highest BCUT2D eigenvalue weighted by Crippen LogP contribution is 2.46. The van der Waals surface area contributed by atoms with Gasteiger partial charge >= 0.3 is 0 Å². The van der Waals surface area contributed by atoms with E-state index in [0.29, 0.717) is 10.6 Å². The Kier molecular flexibility index (Phi) is 4.64. The van der Waals surface area contributed by atoms with Crippen molar-refractivity contribution in [3.05, 3.63) is 94.5 Å². The highest BCUT2D eigenvalue weighted by Gasteiger charge is 2.49. The standard InChI is InChI=1S/C24H22ClNO2/c1-16-8-14-19(15-9-16)28-23-24(2,3)20-6-4-5-7-21(20)26(23)22(27)17-10-12-18(25)13-11-17/h4-15,23H,1-3H3/t23-/m0/s1. The molecule has 142 valence electrons. The highest BCUT2D eigenvalue weighted by atomic mass is 35.5. The Morgan fingerprint density at radius 2 is 1.61 bits per heavy atom. The lowest BCUT2D eigenvalue weighted by Crippen LogP contribution is -2.48. The summed E-state index contributed by atoms with van der Waals surface area (Å²) in [5.41, 5.74) is 3.34. The van der Waals surface area contributed by atoms with Gasteiger partial charge in [0.1, 0.15) is 5.75 Å². The summed E-state index contributed by atoms with van der Waals surface area (Å²) in [7, 11) is 0. The SMILES string of the molecule is Cc1ccc(O[C@@H]2N(C(=O)c3ccc(Cl)cc3)c3ccccc3C2(C)C)cc1. The van der Waals surface area contributed by atoms with Gasteiger partial charge < -0.3 is 4.74 Å². The van der Waals surface area contributed by atoms with Crippen molar-refractivity contribution in [2.24, 2.45) is 0 Å². The van der Waals surface area contributed by atoms with Crippen molar-refractivity contribution < 1.29 is 9.53 Å². The number of halogens is 1. The molecule has 0 aromatic heterocycles. The van der Waals surface area contributed by atoms with E-state index in [1.807, 2.05) is 49.4 Å². The van der Waals surface area contributed by atoms with Crippen LogP contribution in [0.3, 0.4) is 0 Å². The number of carbonyl (C=O) groups is 1. The maximum absolute atomic E-state index is 13.5. The number of hydrogen-bond acceptors (Lipinski definition) is 2. The van der Waals surface area contributed by atoms with Gasteiger partial charge in [-0.25, -0.2) is 0 Å². The van der Waals surface area contributed by atoms with E-state index in [2.05, 4.69) is 19.9 Å². The zero-order valence-corrected chi connectivity index (χ0v) is 16.9. The summed E-state index contributed by atoms with van der Waals surface area (Å²) in [5.74, 6) is 0.636. The molecule has 3 nitrogen and oxygen atoms in total. The second-order valence-corrected chi connectivity index (χ2v) is 8.14. The van der Waals surface area contributed by atoms with Crippen molar-refractivity contribution in [1.82, 2.24) is 0 Å². The van der Waals surface area contributed by atoms with Crippen LogP contribution in [0.1, 0.15) is 35.3 Å². The summed E-state index contributed by atoms with van der Waals surface area (Å²) >= 11 is 6.00. The lowest BCUT2D eigenvalue weighted by atomic mass is 9.85. The average molecular weight is 392 g/mol. The Hall–Kier alpha value is -2.78. The number of benzene rings is 3. The largest absolute Gasteiger partial charge is 0.469 e. The molecule has 0 radical (unpaired) electrons. The molecule has 1 atom stereocenters. The molecule has 0 N–H and O–H groups in total. The van der Waals surface area contributed by atoms with E-state index in [9.17, 15) is 4.79 Å². The quantitative estimate of drug-likeness (QED) is 0.548. The number of fused-ring (bicyclic) bond motifs is 1. The topological polar surface area (TPSA) is 29.5 Å². The van der Waals surface area contributed by atoms with E-state index in [-0.39, 0.29) is 11.3 Å². The minimum atomic E-state index is -0.462. The summed E-state index contributed by atoms with van der Waals surface area (Å²) in [6.07, 6.45) is -0.462. The fourth-order valence-corrected chi connectivity index (χ4v) is 3.83. The summed E-state index contributed by atoms with van der Waals surface area (Å²) < 4.78 is 6.39. The van der Waals surface area contributed by atoms with E-state index >= 15 is 0 Å². The number of nitrogens with zero attached hydrogens (tertiary/aromatic N) is 1. The summed E-state index contributed by atoms with van der Waals surface area (Å²) in [6.45, 7) is 6.26. The average Bonchev–Trinajstić information content (AvgIpc) is 2.91. The van der Waals surface area contributed by atoms with Crippen LogP contribution < -0.4 is 9.64 Å². The molecular formula is C24H22ClNO2. The molecular weight excluding hydrogens is 370 g/mol. The summed E-state index contributed by atoms with van der Waals surface area (Å²) in [4.78, 5) is 15.2. The van der Waals surface area contributed by atoms with Crippen LogP contribution >= 0.6 is 11.6 Å². The molecule has 1 amide bonds. The fourth-order valence-electron chi connectivity index (χ4n) is 3.70. The molecule has 4 heteroatoms. The molecule has 3 aromatic carbocycles. The summed E-state index contributed by atoms with van der Waals surface area (Å²) in [5, 5.41) is 0.603. The lowest BCUT2D eigenvalue weighted by molar-refractivity contribution is 0.0848. The van der Waals surface area contributed by atoms with Gasteiger partial charge in [-0.05, 0) is 55.0 Å². The zero-order valence-electron chi connectivity index (χ0n) is 16.1. The van der Waals surface area contributed by atoms with Crippen LogP contribution in [0.25, 0.3) is 0 Å². The third-order valence-electron chi connectivity index (χ3n) is 5.29. The van der Waals surface area contributed by atoms with Crippen LogP contribution in [-0.4, -0.2) is 12.1 Å². The Morgan fingerprint density at radius 3 is 2.29 bits per heavy atom. The molecule has 3 aromatic rings. The van der Waals surface area contributed by atoms with Gasteiger partial charge in [0, 0.05) is 16.0 Å². The number of rotatable bonds is 3. The Labute approximate surface area is 170 Å².